The van der Waals surface area contributed by atoms with Crippen LogP contribution in [0, 0.1) is 6.92 Å². The van der Waals surface area contributed by atoms with E-state index in [-0.39, 0.29) is 23.0 Å². The standard InChI is InChI=1S/C23H35NO3/c1-17-7-5-6-8-20(17)23(13-14-27-22(2,3)16-23)15-21(25)24-18-9-11-19(26-4)12-10-18/h5-8,18-19H,9-16H2,1-4H3,(H,24,25). The third kappa shape index (κ3) is 4.91. The van der Waals surface area contributed by atoms with Crippen molar-refractivity contribution in [3.05, 3.63) is 35.4 Å². The molecule has 1 amide bonds. The average Bonchev–Trinajstić information content (AvgIpc) is 2.61. The zero-order valence-corrected chi connectivity index (χ0v) is 17.3. The van der Waals surface area contributed by atoms with Crippen LogP contribution in [0.15, 0.2) is 24.3 Å². The lowest BCUT2D eigenvalue weighted by Crippen LogP contribution is -2.48. The van der Waals surface area contributed by atoms with Crippen molar-refractivity contribution >= 4 is 5.91 Å². The van der Waals surface area contributed by atoms with Crippen LogP contribution in [0.1, 0.15) is 69.9 Å². The first-order chi connectivity index (χ1) is 12.8. The van der Waals surface area contributed by atoms with Crippen molar-refractivity contribution in [2.45, 2.75) is 88.9 Å². The summed E-state index contributed by atoms with van der Waals surface area (Å²) in [6, 6.07) is 8.81. The Morgan fingerprint density at radius 1 is 1.22 bits per heavy atom. The molecule has 1 saturated heterocycles. The number of hydrogen-bond donors (Lipinski definition) is 1. The number of carbonyl (C=O) groups excluding carboxylic acids is 1. The summed E-state index contributed by atoms with van der Waals surface area (Å²) in [5, 5.41) is 3.32. The molecule has 1 unspecified atom stereocenters. The summed E-state index contributed by atoms with van der Waals surface area (Å²) in [7, 11) is 1.78. The molecular formula is C23H35NO3. The smallest absolute Gasteiger partial charge is 0.221 e. The van der Waals surface area contributed by atoms with Crippen LogP contribution in [-0.4, -0.2) is 37.4 Å². The first-order valence-corrected chi connectivity index (χ1v) is 10.4. The van der Waals surface area contributed by atoms with Crippen LogP contribution >= 0.6 is 0 Å². The van der Waals surface area contributed by atoms with E-state index in [4.69, 9.17) is 9.47 Å². The van der Waals surface area contributed by atoms with Gasteiger partial charge in [0.25, 0.3) is 0 Å². The number of amides is 1. The molecule has 150 valence electrons. The van der Waals surface area contributed by atoms with E-state index < -0.39 is 0 Å². The quantitative estimate of drug-likeness (QED) is 0.838. The molecule has 1 aromatic carbocycles. The predicted octanol–water partition coefficient (Wildman–Crippen LogP) is 4.29. The van der Waals surface area contributed by atoms with Crippen molar-refractivity contribution in [3.63, 3.8) is 0 Å². The summed E-state index contributed by atoms with van der Waals surface area (Å²) in [4.78, 5) is 13.0. The van der Waals surface area contributed by atoms with Crippen LogP contribution in [0.5, 0.6) is 0 Å². The maximum absolute atomic E-state index is 13.0. The highest BCUT2D eigenvalue weighted by Crippen LogP contribution is 2.45. The van der Waals surface area contributed by atoms with Gasteiger partial charge in [0.2, 0.25) is 5.91 Å². The normalized spacial score (nSPS) is 30.7. The van der Waals surface area contributed by atoms with E-state index in [2.05, 4.69) is 50.4 Å². The molecule has 4 nitrogen and oxygen atoms in total. The second kappa shape index (κ2) is 8.32. The third-order valence-electron chi connectivity index (χ3n) is 6.43. The number of benzene rings is 1. The summed E-state index contributed by atoms with van der Waals surface area (Å²) >= 11 is 0. The molecule has 27 heavy (non-hydrogen) atoms. The number of nitrogens with one attached hydrogen (secondary N) is 1. The Kier molecular flexibility index (Phi) is 6.27. The van der Waals surface area contributed by atoms with E-state index in [1.807, 2.05) is 0 Å². The van der Waals surface area contributed by atoms with Gasteiger partial charge in [-0.05, 0) is 70.4 Å². The molecule has 0 spiro atoms. The molecule has 1 N–H and O–H groups in total. The third-order valence-corrected chi connectivity index (χ3v) is 6.43. The lowest BCUT2D eigenvalue weighted by Gasteiger charge is -2.46. The van der Waals surface area contributed by atoms with Crippen molar-refractivity contribution < 1.29 is 14.3 Å². The minimum atomic E-state index is -0.211. The number of carbonyl (C=O) groups is 1. The van der Waals surface area contributed by atoms with E-state index in [9.17, 15) is 4.79 Å². The van der Waals surface area contributed by atoms with Gasteiger partial charge in [-0.15, -0.1) is 0 Å². The van der Waals surface area contributed by atoms with Gasteiger partial charge >= 0.3 is 0 Å². The van der Waals surface area contributed by atoms with Crippen molar-refractivity contribution in [1.29, 1.82) is 0 Å². The average molecular weight is 374 g/mol. The van der Waals surface area contributed by atoms with Crippen molar-refractivity contribution in [3.8, 4) is 0 Å². The zero-order chi connectivity index (χ0) is 19.5. The Bertz CT molecular complexity index is 649. The monoisotopic (exact) mass is 373 g/mol. The maximum atomic E-state index is 13.0. The van der Waals surface area contributed by atoms with Crippen molar-refractivity contribution in [2.75, 3.05) is 13.7 Å². The van der Waals surface area contributed by atoms with Crippen molar-refractivity contribution in [1.82, 2.24) is 5.32 Å². The summed E-state index contributed by atoms with van der Waals surface area (Å²) in [6.07, 6.45) is 6.74. The van der Waals surface area contributed by atoms with Gasteiger partial charge in [-0.1, -0.05) is 24.3 Å². The second-order valence-electron chi connectivity index (χ2n) is 9.08. The fourth-order valence-corrected chi connectivity index (χ4v) is 5.15. The predicted molar refractivity (Wildman–Crippen MR) is 108 cm³/mol. The van der Waals surface area contributed by atoms with Gasteiger partial charge < -0.3 is 14.8 Å². The van der Waals surface area contributed by atoms with E-state index in [1.54, 1.807) is 7.11 Å². The Balaban J connectivity index is 1.74. The van der Waals surface area contributed by atoms with Crippen molar-refractivity contribution in [2.24, 2.45) is 0 Å². The van der Waals surface area contributed by atoms with E-state index >= 15 is 0 Å². The Morgan fingerprint density at radius 3 is 2.56 bits per heavy atom. The van der Waals surface area contributed by atoms with Crippen LogP contribution in [0.25, 0.3) is 0 Å². The largest absolute Gasteiger partial charge is 0.381 e. The molecule has 1 aliphatic heterocycles. The van der Waals surface area contributed by atoms with Gasteiger partial charge in [0.1, 0.15) is 0 Å². The molecule has 4 heteroatoms. The van der Waals surface area contributed by atoms with Crippen LogP contribution in [0.2, 0.25) is 0 Å². The highest BCUT2D eigenvalue weighted by atomic mass is 16.5. The van der Waals surface area contributed by atoms with E-state index in [0.29, 0.717) is 19.1 Å². The van der Waals surface area contributed by atoms with Gasteiger partial charge in [-0.25, -0.2) is 0 Å². The van der Waals surface area contributed by atoms with Gasteiger partial charge in [0.05, 0.1) is 11.7 Å². The molecule has 0 radical (unpaired) electrons. The van der Waals surface area contributed by atoms with Gasteiger partial charge in [0, 0.05) is 31.6 Å². The Hall–Kier alpha value is -1.39. The van der Waals surface area contributed by atoms with Crippen LogP contribution < -0.4 is 5.32 Å². The number of rotatable bonds is 5. The Morgan fingerprint density at radius 2 is 1.93 bits per heavy atom. The number of ether oxygens (including phenoxy) is 2. The molecule has 0 bridgehead atoms. The van der Waals surface area contributed by atoms with Crippen LogP contribution in [0.3, 0.4) is 0 Å². The molecular weight excluding hydrogens is 338 g/mol. The molecule has 2 fully saturated rings. The first kappa shape index (κ1) is 20.3. The van der Waals surface area contributed by atoms with Gasteiger partial charge in [-0.2, -0.15) is 0 Å². The SMILES string of the molecule is COC1CCC(NC(=O)CC2(c3ccccc3C)CCOC(C)(C)C2)CC1. The Labute approximate surface area is 164 Å². The topological polar surface area (TPSA) is 47.6 Å². The first-order valence-electron chi connectivity index (χ1n) is 10.4. The minimum Gasteiger partial charge on any atom is -0.381 e. The molecule has 1 atom stereocenters. The molecule has 1 saturated carbocycles. The number of hydrogen-bond acceptors (Lipinski definition) is 3. The van der Waals surface area contributed by atoms with Crippen LogP contribution in [0.4, 0.5) is 0 Å². The molecule has 1 aromatic rings. The van der Waals surface area contributed by atoms with E-state index in [1.165, 1.54) is 11.1 Å². The minimum absolute atomic E-state index is 0.152. The van der Waals surface area contributed by atoms with E-state index in [0.717, 1.165) is 38.5 Å². The zero-order valence-electron chi connectivity index (χ0n) is 17.3. The highest BCUT2D eigenvalue weighted by molar-refractivity contribution is 5.78. The molecule has 1 heterocycles. The summed E-state index contributed by atoms with van der Waals surface area (Å²) in [5.74, 6) is 0.178. The molecule has 1 aliphatic carbocycles. The molecule has 3 rings (SSSR count). The van der Waals surface area contributed by atoms with Crippen LogP contribution in [-0.2, 0) is 19.7 Å². The summed E-state index contributed by atoms with van der Waals surface area (Å²) < 4.78 is 11.4. The summed E-state index contributed by atoms with van der Waals surface area (Å²) in [5.41, 5.74) is 2.21. The fourth-order valence-electron chi connectivity index (χ4n) is 5.15. The highest BCUT2D eigenvalue weighted by Gasteiger charge is 2.44. The molecule has 2 aliphatic rings. The summed E-state index contributed by atoms with van der Waals surface area (Å²) in [6.45, 7) is 7.14. The number of methoxy groups -OCH3 is 1. The van der Waals surface area contributed by atoms with Gasteiger partial charge in [-0.3, -0.25) is 4.79 Å². The fraction of sp³-hybridized carbons (Fsp3) is 0.696. The van der Waals surface area contributed by atoms with Gasteiger partial charge in [0.15, 0.2) is 0 Å². The molecule has 0 aromatic heterocycles. The second-order valence-corrected chi connectivity index (χ2v) is 9.08. The lowest BCUT2D eigenvalue weighted by atomic mass is 9.66. The number of aryl methyl sites for hydroxylation is 1. The lowest BCUT2D eigenvalue weighted by molar-refractivity contribution is -0.127. The maximum Gasteiger partial charge on any atom is 0.221 e.